The van der Waals surface area contributed by atoms with Crippen molar-refractivity contribution in [3.05, 3.63) is 59.7 Å². The van der Waals surface area contributed by atoms with Crippen LogP contribution in [-0.2, 0) is 15.3 Å². The molecule has 0 aliphatic heterocycles. The number of nitrogens with zero attached hydrogens (tertiary/aromatic N) is 2. The van der Waals surface area contributed by atoms with Crippen LogP contribution in [0.5, 0.6) is 11.5 Å². The molecule has 0 amide bonds. The molecule has 0 saturated heterocycles. The van der Waals surface area contributed by atoms with Gasteiger partial charge in [-0.25, -0.2) is 4.79 Å². The molecule has 0 fully saturated rings. The maximum absolute atomic E-state index is 11.6. The lowest BCUT2D eigenvalue weighted by Crippen LogP contribution is -2.25. The van der Waals surface area contributed by atoms with Gasteiger partial charge in [0.2, 0.25) is 0 Å². The van der Waals surface area contributed by atoms with Gasteiger partial charge in [-0.05, 0) is 43.2 Å². The van der Waals surface area contributed by atoms with E-state index in [1.165, 1.54) is 18.9 Å². The standard InChI is InChI=1S/C21H25N3O4S/c1-4-27-19-12-17(10-11-18(19)28-15(2)20(25)26-3)13-23-24-21(22)29-14-16-8-6-5-7-9-16/h5-13,15H,4,14H2,1-3H3,(H2,22,24). The number of benzene rings is 2. The van der Waals surface area contributed by atoms with Gasteiger partial charge in [0.15, 0.2) is 22.8 Å². The Labute approximate surface area is 174 Å². The maximum Gasteiger partial charge on any atom is 0.346 e. The molecule has 2 rings (SSSR count). The average molecular weight is 416 g/mol. The van der Waals surface area contributed by atoms with Crippen LogP contribution in [0.2, 0.25) is 0 Å². The topological polar surface area (TPSA) is 95.5 Å². The second kappa shape index (κ2) is 11.8. The molecule has 0 bridgehead atoms. The summed E-state index contributed by atoms with van der Waals surface area (Å²) in [6.07, 6.45) is 0.830. The minimum atomic E-state index is -0.746. The van der Waals surface area contributed by atoms with Crippen LogP contribution < -0.4 is 15.2 Å². The summed E-state index contributed by atoms with van der Waals surface area (Å²) in [5.41, 5.74) is 7.82. The van der Waals surface area contributed by atoms with E-state index in [1.54, 1.807) is 31.3 Å². The zero-order chi connectivity index (χ0) is 21.1. The molecule has 0 radical (unpaired) electrons. The number of thioether (sulfide) groups is 1. The second-order valence-corrected chi connectivity index (χ2v) is 6.88. The Morgan fingerprint density at radius 3 is 2.66 bits per heavy atom. The van der Waals surface area contributed by atoms with Gasteiger partial charge < -0.3 is 19.9 Å². The summed E-state index contributed by atoms with van der Waals surface area (Å²) in [6, 6.07) is 15.3. The molecule has 2 aromatic rings. The van der Waals surface area contributed by atoms with E-state index in [2.05, 4.69) is 14.9 Å². The van der Waals surface area contributed by atoms with Gasteiger partial charge in [-0.15, -0.1) is 5.10 Å². The van der Waals surface area contributed by atoms with Gasteiger partial charge in [0.05, 0.1) is 19.9 Å². The number of carbonyl (C=O) groups excluding carboxylic acids is 1. The van der Waals surface area contributed by atoms with Crippen LogP contribution in [-0.4, -0.2) is 37.2 Å². The van der Waals surface area contributed by atoms with Crippen molar-refractivity contribution in [3.63, 3.8) is 0 Å². The molecule has 0 heterocycles. The van der Waals surface area contributed by atoms with Gasteiger partial charge in [-0.3, -0.25) is 0 Å². The molecule has 29 heavy (non-hydrogen) atoms. The zero-order valence-electron chi connectivity index (χ0n) is 16.7. The first-order valence-corrected chi connectivity index (χ1v) is 10.1. The Kier molecular flexibility index (Phi) is 9.04. The van der Waals surface area contributed by atoms with Crippen molar-refractivity contribution in [1.82, 2.24) is 0 Å². The molecule has 2 N–H and O–H groups in total. The minimum Gasteiger partial charge on any atom is -0.490 e. The van der Waals surface area contributed by atoms with Crippen molar-refractivity contribution in [3.8, 4) is 11.5 Å². The Morgan fingerprint density at radius 2 is 1.97 bits per heavy atom. The highest BCUT2D eigenvalue weighted by atomic mass is 32.2. The summed E-state index contributed by atoms with van der Waals surface area (Å²) in [7, 11) is 1.32. The van der Waals surface area contributed by atoms with Crippen LogP contribution in [0.25, 0.3) is 0 Å². The molecule has 8 heteroatoms. The van der Waals surface area contributed by atoms with Gasteiger partial charge >= 0.3 is 5.97 Å². The Hall–Kier alpha value is -3.00. The number of amidine groups is 1. The molecule has 0 saturated carbocycles. The smallest absolute Gasteiger partial charge is 0.346 e. The Bertz CT molecular complexity index is 856. The SMILES string of the molecule is CCOc1cc(C=NN=C(N)SCc2ccccc2)ccc1OC(C)C(=O)OC. The third-order valence-electron chi connectivity index (χ3n) is 3.70. The van der Waals surface area contributed by atoms with Crippen LogP contribution >= 0.6 is 11.8 Å². The number of esters is 1. The summed E-state index contributed by atoms with van der Waals surface area (Å²) in [6.45, 7) is 3.93. The van der Waals surface area contributed by atoms with Crippen molar-refractivity contribution in [1.29, 1.82) is 0 Å². The summed E-state index contributed by atoms with van der Waals surface area (Å²) in [5.74, 6) is 1.21. The van der Waals surface area contributed by atoms with E-state index in [4.69, 9.17) is 15.2 Å². The summed E-state index contributed by atoms with van der Waals surface area (Å²) in [4.78, 5) is 11.6. The molecule has 0 aliphatic rings. The third-order valence-corrected chi connectivity index (χ3v) is 4.55. The van der Waals surface area contributed by atoms with Gasteiger partial charge in [0.1, 0.15) is 0 Å². The summed E-state index contributed by atoms with van der Waals surface area (Å²) in [5, 5.41) is 8.42. The van der Waals surface area contributed by atoms with E-state index >= 15 is 0 Å². The third kappa shape index (κ3) is 7.50. The van der Waals surface area contributed by atoms with Crippen molar-refractivity contribution >= 4 is 29.1 Å². The molecule has 7 nitrogen and oxygen atoms in total. The minimum absolute atomic E-state index is 0.377. The predicted octanol–water partition coefficient (Wildman–Crippen LogP) is 3.61. The number of carbonyl (C=O) groups is 1. The van der Waals surface area contributed by atoms with Crippen molar-refractivity contribution < 1.29 is 19.0 Å². The van der Waals surface area contributed by atoms with E-state index < -0.39 is 12.1 Å². The molecular weight excluding hydrogens is 390 g/mol. The normalized spacial score (nSPS) is 12.6. The van der Waals surface area contributed by atoms with E-state index in [9.17, 15) is 4.79 Å². The van der Waals surface area contributed by atoms with Crippen LogP contribution in [0.1, 0.15) is 25.0 Å². The first kappa shape index (κ1) is 22.3. The lowest BCUT2D eigenvalue weighted by molar-refractivity contribution is -0.147. The average Bonchev–Trinajstić information content (AvgIpc) is 2.74. The molecular formula is C21H25N3O4S. The first-order chi connectivity index (χ1) is 14.0. The van der Waals surface area contributed by atoms with Gasteiger partial charge in [0, 0.05) is 5.75 Å². The van der Waals surface area contributed by atoms with Crippen LogP contribution in [0.4, 0.5) is 0 Å². The second-order valence-electron chi connectivity index (χ2n) is 5.88. The first-order valence-electron chi connectivity index (χ1n) is 9.08. The van der Waals surface area contributed by atoms with Crippen molar-refractivity contribution in [2.75, 3.05) is 13.7 Å². The molecule has 2 aromatic carbocycles. The van der Waals surface area contributed by atoms with E-state index in [0.29, 0.717) is 23.3 Å². The molecule has 1 atom stereocenters. The van der Waals surface area contributed by atoms with Crippen LogP contribution in [0, 0.1) is 0 Å². The number of hydrogen-bond donors (Lipinski definition) is 1. The fraction of sp³-hybridized carbons (Fsp3) is 0.286. The fourth-order valence-corrected chi connectivity index (χ4v) is 2.90. The predicted molar refractivity (Wildman–Crippen MR) is 117 cm³/mol. The van der Waals surface area contributed by atoms with Crippen molar-refractivity contribution in [2.24, 2.45) is 15.9 Å². The number of nitrogens with two attached hydrogens (primary N) is 1. The van der Waals surface area contributed by atoms with Gasteiger partial charge in [0.25, 0.3) is 0 Å². The summed E-state index contributed by atoms with van der Waals surface area (Å²) < 4.78 is 15.9. The molecule has 0 aromatic heterocycles. The highest BCUT2D eigenvalue weighted by Crippen LogP contribution is 2.29. The highest BCUT2D eigenvalue weighted by molar-refractivity contribution is 8.13. The number of hydrogen-bond acceptors (Lipinski definition) is 7. The Balaban J connectivity index is 2.01. The zero-order valence-corrected chi connectivity index (χ0v) is 17.5. The van der Waals surface area contributed by atoms with Crippen LogP contribution in [0.15, 0.2) is 58.7 Å². The fourth-order valence-electron chi connectivity index (χ4n) is 2.29. The van der Waals surface area contributed by atoms with Crippen LogP contribution in [0.3, 0.4) is 0 Å². The van der Waals surface area contributed by atoms with Gasteiger partial charge in [-0.1, -0.05) is 42.1 Å². The largest absolute Gasteiger partial charge is 0.490 e. The van der Waals surface area contributed by atoms with E-state index in [0.717, 1.165) is 16.9 Å². The maximum atomic E-state index is 11.6. The molecule has 0 spiro atoms. The lowest BCUT2D eigenvalue weighted by atomic mass is 10.2. The number of rotatable bonds is 9. The van der Waals surface area contributed by atoms with E-state index in [1.807, 2.05) is 37.3 Å². The highest BCUT2D eigenvalue weighted by Gasteiger charge is 2.17. The van der Waals surface area contributed by atoms with Gasteiger partial charge in [-0.2, -0.15) is 5.10 Å². The monoisotopic (exact) mass is 415 g/mol. The lowest BCUT2D eigenvalue weighted by Gasteiger charge is -2.16. The quantitative estimate of drug-likeness (QED) is 0.291. The summed E-state index contributed by atoms with van der Waals surface area (Å²) >= 11 is 1.42. The number of methoxy groups -OCH3 is 1. The Morgan fingerprint density at radius 1 is 1.21 bits per heavy atom. The molecule has 1 unspecified atom stereocenters. The number of ether oxygens (including phenoxy) is 3. The molecule has 0 aliphatic carbocycles. The van der Waals surface area contributed by atoms with E-state index in [-0.39, 0.29) is 0 Å². The van der Waals surface area contributed by atoms with Crippen molar-refractivity contribution in [2.45, 2.75) is 25.7 Å². The molecule has 154 valence electrons.